The summed E-state index contributed by atoms with van der Waals surface area (Å²) in [7, 11) is 0. The second kappa shape index (κ2) is 8.84. The van der Waals surface area contributed by atoms with E-state index in [2.05, 4.69) is 10.4 Å². The van der Waals surface area contributed by atoms with Crippen LogP contribution in [0.1, 0.15) is 32.4 Å². The number of rotatable bonds is 7. The van der Waals surface area contributed by atoms with Crippen molar-refractivity contribution in [2.45, 2.75) is 52.3 Å². The minimum Gasteiger partial charge on any atom is -0.379 e. The summed E-state index contributed by atoms with van der Waals surface area (Å²) in [6.45, 7) is 8.37. The number of aryl methyl sites for hydroxylation is 2. The van der Waals surface area contributed by atoms with Crippen LogP contribution in [0.4, 0.5) is 0 Å². The highest BCUT2D eigenvalue weighted by molar-refractivity contribution is 5.76. The summed E-state index contributed by atoms with van der Waals surface area (Å²) >= 11 is 0. The van der Waals surface area contributed by atoms with Gasteiger partial charge < -0.3 is 14.8 Å². The molecule has 0 aromatic carbocycles. The van der Waals surface area contributed by atoms with Gasteiger partial charge in [-0.3, -0.25) is 9.48 Å². The minimum atomic E-state index is -0.0823. The molecule has 6 heteroatoms. The smallest absolute Gasteiger partial charge is 0.222 e. The van der Waals surface area contributed by atoms with Crippen LogP contribution in [0.2, 0.25) is 0 Å². The molecule has 0 bridgehead atoms. The van der Waals surface area contributed by atoms with Crippen molar-refractivity contribution in [1.29, 1.82) is 0 Å². The molecule has 23 heavy (non-hydrogen) atoms. The van der Waals surface area contributed by atoms with Crippen LogP contribution in [-0.4, -0.2) is 47.7 Å². The molecule has 1 fully saturated rings. The summed E-state index contributed by atoms with van der Waals surface area (Å²) in [4.78, 5) is 12.1. The molecule has 1 aromatic rings. The highest BCUT2D eigenvalue weighted by Crippen LogP contribution is 2.12. The number of allylic oxidation sites excluding steroid dienone is 1. The number of carbonyl (C=O) groups excluding carboxylic acids is 1. The Balaban J connectivity index is 1.78. The molecule has 0 spiro atoms. The first-order valence-corrected chi connectivity index (χ1v) is 8.16. The van der Waals surface area contributed by atoms with Gasteiger partial charge in [0.25, 0.3) is 0 Å². The summed E-state index contributed by atoms with van der Waals surface area (Å²) in [5, 5.41) is 7.32. The standard InChI is InChI=1S/C17H27N3O3/c1-13(2)6-11-23-16-7-10-22-12-15(16)18-17(21)5-9-20-8-4-14(3)19-20/h4,6,8,15-16H,5,7,9-12H2,1-3H3,(H,18,21)/t15-,16+/m1/s1. The van der Waals surface area contributed by atoms with Crippen LogP contribution in [0.3, 0.4) is 0 Å². The van der Waals surface area contributed by atoms with Gasteiger partial charge >= 0.3 is 0 Å². The first kappa shape index (κ1) is 17.7. The third-order valence-corrected chi connectivity index (χ3v) is 3.78. The lowest BCUT2D eigenvalue weighted by Crippen LogP contribution is -2.50. The molecule has 0 saturated carbocycles. The van der Waals surface area contributed by atoms with E-state index in [0.717, 1.165) is 12.1 Å². The van der Waals surface area contributed by atoms with Gasteiger partial charge in [-0.15, -0.1) is 0 Å². The Bertz CT molecular complexity index is 535. The van der Waals surface area contributed by atoms with Gasteiger partial charge in [0.1, 0.15) is 0 Å². The molecule has 128 valence electrons. The summed E-state index contributed by atoms with van der Waals surface area (Å²) in [6, 6.07) is 1.85. The van der Waals surface area contributed by atoms with Crippen LogP contribution in [0, 0.1) is 6.92 Å². The third-order valence-electron chi connectivity index (χ3n) is 3.78. The largest absolute Gasteiger partial charge is 0.379 e. The number of hydrogen-bond donors (Lipinski definition) is 1. The minimum absolute atomic E-state index is 0.00414. The van der Waals surface area contributed by atoms with E-state index in [-0.39, 0.29) is 18.1 Å². The molecule has 1 N–H and O–H groups in total. The van der Waals surface area contributed by atoms with Crippen molar-refractivity contribution in [3.05, 3.63) is 29.6 Å². The maximum Gasteiger partial charge on any atom is 0.222 e. The van der Waals surface area contributed by atoms with Crippen molar-refractivity contribution in [2.24, 2.45) is 0 Å². The van der Waals surface area contributed by atoms with Crippen LogP contribution < -0.4 is 5.32 Å². The van der Waals surface area contributed by atoms with Crippen LogP contribution in [0.15, 0.2) is 23.9 Å². The number of nitrogens with one attached hydrogen (secondary N) is 1. The summed E-state index contributed by atoms with van der Waals surface area (Å²) < 4.78 is 13.2. The second-order valence-electron chi connectivity index (χ2n) is 6.16. The number of carbonyl (C=O) groups is 1. The van der Waals surface area contributed by atoms with Gasteiger partial charge in [-0.05, 0) is 33.3 Å². The number of aromatic nitrogens is 2. The molecular formula is C17H27N3O3. The van der Waals surface area contributed by atoms with Gasteiger partial charge in [-0.25, -0.2) is 0 Å². The lowest BCUT2D eigenvalue weighted by atomic mass is 10.1. The molecule has 1 saturated heterocycles. The maximum absolute atomic E-state index is 12.1. The van der Waals surface area contributed by atoms with E-state index < -0.39 is 0 Å². The van der Waals surface area contributed by atoms with E-state index in [0.29, 0.717) is 32.8 Å². The fourth-order valence-electron chi connectivity index (χ4n) is 2.47. The highest BCUT2D eigenvalue weighted by Gasteiger charge is 2.27. The van der Waals surface area contributed by atoms with Crippen molar-refractivity contribution >= 4 is 5.91 Å². The molecule has 1 aliphatic rings. The predicted octanol–water partition coefficient (Wildman–Crippen LogP) is 1.84. The quantitative estimate of drug-likeness (QED) is 0.778. The van der Waals surface area contributed by atoms with E-state index in [9.17, 15) is 4.79 Å². The van der Waals surface area contributed by atoms with E-state index >= 15 is 0 Å². The first-order valence-electron chi connectivity index (χ1n) is 8.16. The van der Waals surface area contributed by atoms with Crippen LogP contribution >= 0.6 is 0 Å². The average Bonchev–Trinajstić information content (AvgIpc) is 2.92. The molecule has 0 radical (unpaired) electrons. The first-order chi connectivity index (χ1) is 11.0. The van der Waals surface area contributed by atoms with E-state index in [1.54, 1.807) is 4.68 Å². The average molecular weight is 321 g/mol. The van der Waals surface area contributed by atoms with Crippen molar-refractivity contribution in [2.75, 3.05) is 19.8 Å². The summed E-state index contributed by atoms with van der Waals surface area (Å²) in [6.07, 6.45) is 5.15. The van der Waals surface area contributed by atoms with Gasteiger partial charge in [0.2, 0.25) is 5.91 Å². The van der Waals surface area contributed by atoms with Gasteiger partial charge in [-0.2, -0.15) is 5.10 Å². The second-order valence-corrected chi connectivity index (χ2v) is 6.16. The molecule has 0 unspecified atom stereocenters. The monoisotopic (exact) mass is 321 g/mol. The Labute approximate surface area is 137 Å². The zero-order valence-corrected chi connectivity index (χ0v) is 14.2. The molecule has 1 amide bonds. The topological polar surface area (TPSA) is 65.4 Å². The fraction of sp³-hybridized carbons (Fsp3) is 0.647. The Morgan fingerprint density at radius 2 is 2.39 bits per heavy atom. The van der Waals surface area contributed by atoms with Crippen molar-refractivity contribution in [3.63, 3.8) is 0 Å². The SMILES string of the molecule is CC(C)=CCO[C@H]1CCOC[C@H]1NC(=O)CCn1ccc(C)n1. The molecule has 1 aromatic heterocycles. The zero-order valence-electron chi connectivity index (χ0n) is 14.2. The van der Waals surface area contributed by atoms with Crippen LogP contribution in [-0.2, 0) is 20.8 Å². The number of amides is 1. The zero-order chi connectivity index (χ0) is 16.7. The highest BCUT2D eigenvalue weighted by atomic mass is 16.5. The van der Waals surface area contributed by atoms with Gasteiger partial charge in [0.15, 0.2) is 0 Å². The van der Waals surface area contributed by atoms with Crippen molar-refractivity contribution in [3.8, 4) is 0 Å². The number of hydrogen-bond acceptors (Lipinski definition) is 4. The molecule has 2 atom stereocenters. The van der Waals surface area contributed by atoms with E-state index in [4.69, 9.17) is 9.47 Å². The number of nitrogens with zero attached hydrogens (tertiary/aromatic N) is 2. The third kappa shape index (κ3) is 6.15. The molecule has 6 nitrogen and oxygen atoms in total. The normalized spacial score (nSPS) is 21.0. The van der Waals surface area contributed by atoms with E-state index in [1.165, 1.54) is 5.57 Å². The van der Waals surface area contributed by atoms with Gasteiger partial charge in [0, 0.05) is 25.8 Å². The van der Waals surface area contributed by atoms with Crippen molar-refractivity contribution in [1.82, 2.24) is 15.1 Å². The molecular weight excluding hydrogens is 294 g/mol. The van der Waals surface area contributed by atoms with Gasteiger partial charge in [0.05, 0.1) is 31.1 Å². The molecule has 2 heterocycles. The molecule has 2 rings (SSSR count). The number of ether oxygens (including phenoxy) is 2. The van der Waals surface area contributed by atoms with Crippen molar-refractivity contribution < 1.29 is 14.3 Å². The van der Waals surface area contributed by atoms with E-state index in [1.807, 2.05) is 39.1 Å². The lowest BCUT2D eigenvalue weighted by Gasteiger charge is -2.31. The van der Waals surface area contributed by atoms with Gasteiger partial charge in [-0.1, -0.05) is 11.6 Å². The van der Waals surface area contributed by atoms with Crippen LogP contribution in [0.5, 0.6) is 0 Å². The summed E-state index contributed by atoms with van der Waals surface area (Å²) in [5.74, 6) is 0.00414. The Kier molecular flexibility index (Phi) is 6.80. The van der Waals surface area contributed by atoms with Crippen LogP contribution in [0.25, 0.3) is 0 Å². The Morgan fingerprint density at radius 1 is 1.57 bits per heavy atom. The molecule has 0 aliphatic carbocycles. The lowest BCUT2D eigenvalue weighted by molar-refractivity contribution is -0.126. The predicted molar refractivity (Wildman–Crippen MR) is 88.1 cm³/mol. The fourth-order valence-corrected chi connectivity index (χ4v) is 2.47. The molecule has 1 aliphatic heterocycles. The Morgan fingerprint density at radius 3 is 3.09 bits per heavy atom. The summed E-state index contributed by atoms with van der Waals surface area (Å²) in [5.41, 5.74) is 2.19. The maximum atomic E-state index is 12.1. The Hall–Kier alpha value is -1.66.